The van der Waals surface area contributed by atoms with Gasteiger partial charge in [-0.1, -0.05) is 42.5 Å². The fourth-order valence-corrected chi connectivity index (χ4v) is 3.36. The molecule has 0 unspecified atom stereocenters. The van der Waals surface area contributed by atoms with Crippen molar-refractivity contribution in [3.05, 3.63) is 48.0 Å². The molecule has 0 saturated heterocycles. The molecule has 0 atom stereocenters. The maximum absolute atomic E-state index is 6.04. The summed E-state index contributed by atoms with van der Waals surface area (Å²) < 4.78 is 18.1. The van der Waals surface area contributed by atoms with Crippen LogP contribution in [0.25, 0.3) is 10.8 Å². The zero-order valence-corrected chi connectivity index (χ0v) is 18.9. The van der Waals surface area contributed by atoms with Gasteiger partial charge in [0.1, 0.15) is 0 Å². The molecule has 4 nitrogen and oxygen atoms in total. The molecule has 0 N–H and O–H groups in total. The number of benzene rings is 2. The van der Waals surface area contributed by atoms with Crippen LogP contribution in [0, 0.1) is 11.7 Å². The van der Waals surface area contributed by atoms with Gasteiger partial charge < -0.3 is 14.0 Å². The van der Waals surface area contributed by atoms with E-state index in [9.17, 15) is 0 Å². The Balaban J connectivity index is 2.15. The lowest BCUT2D eigenvalue weighted by atomic mass is 9.78. The maximum atomic E-state index is 6.04. The molecule has 0 aliphatic rings. The predicted octanol–water partition coefficient (Wildman–Crippen LogP) is 5.03. The SMILES string of the molecule is CC(C)O[B-](C#CCN(C)Cc1cccc2ccccc12)(OC(C)C)OC(C)C. The van der Waals surface area contributed by atoms with Crippen LogP contribution in [0.15, 0.2) is 42.5 Å². The third-order valence-electron chi connectivity index (χ3n) is 4.30. The number of rotatable bonds is 9. The second-order valence-electron chi connectivity index (χ2n) is 8.33. The van der Waals surface area contributed by atoms with Gasteiger partial charge in [-0.25, -0.2) is 5.82 Å². The van der Waals surface area contributed by atoms with E-state index in [1.54, 1.807) is 0 Å². The van der Waals surface area contributed by atoms with Crippen molar-refractivity contribution in [2.75, 3.05) is 13.6 Å². The van der Waals surface area contributed by atoms with Gasteiger partial charge in [-0.05, 0) is 64.9 Å². The molecular formula is C24H35BNO3-. The molecule has 0 heterocycles. The van der Waals surface area contributed by atoms with Crippen molar-refractivity contribution in [1.82, 2.24) is 4.90 Å². The average Bonchev–Trinajstić information content (AvgIpc) is 2.60. The fourth-order valence-electron chi connectivity index (χ4n) is 3.36. The summed E-state index contributed by atoms with van der Waals surface area (Å²) in [7, 11) is 2.07. The van der Waals surface area contributed by atoms with Crippen molar-refractivity contribution in [1.29, 1.82) is 0 Å². The van der Waals surface area contributed by atoms with Gasteiger partial charge in [0.2, 0.25) is 0 Å². The average molecular weight is 396 g/mol. The van der Waals surface area contributed by atoms with Crippen LogP contribution in [0.1, 0.15) is 47.1 Å². The van der Waals surface area contributed by atoms with E-state index in [0.29, 0.717) is 6.54 Å². The maximum Gasteiger partial charge on any atom is 0.457 e. The molecule has 0 aliphatic heterocycles. The van der Waals surface area contributed by atoms with E-state index in [2.05, 4.69) is 66.2 Å². The van der Waals surface area contributed by atoms with Crippen molar-refractivity contribution in [2.45, 2.75) is 66.4 Å². The fraction of sp³-hybridized carbons (Fsp3) is 0.500. The summed E-state index contributed by atoms with van der Waals surface area (Å²) >= 11 is 0. The van der Waals surface area contributed by atoms with Crippen LogP contribution in [0.2, 0.25) is 0 Å². The van der Waals surface area contributed by atoms with Crippen LogP contribution in [-0.4, -0.2) is 43.6 Å². The Morgan fingerprint density at radius 3 is 1.97 bits per heavy atom. The van der Waals surface area contributed by atoms with Crippen molar-refractivity contribution in [2.24, 2.45) is 0 Å². The zero-order valence-electron chi connectivity index (χ0n) is 18.9. The highest BCUT2D eigenvalue weighted by Gasteiger charge is 2.30. The van der Waals surface area contributed by atoms with Gasteiger partial charge in [-0.2, -0.15) is 0 Å². The highest BCUT2D eigenvalue weighted by molar-refractivity contribution is 6.69. The third kappa shape index (κ3) is 7.49. The van der Waals surface area contributed by atoms with Crippen molar-refractivity contribution < 1.29 is 14.0 Å². The molecule has 0 aliphatic carbocycles. The Morgan fingerprint density at radius 1 is 0.828 bits per heavy atom. The summed E-state index contributed by atoms with van der Waals surface area (Å²) in [5.41, 5.74) is 1.29. The smallest absolute Gasteiger partial charge is 0.457 e. The van der Waals surface area contributed by atoms with E-state index in [1.165, 1.54) is 16.3 Å². The normalized spacial score (nSPS) is 12.2. The molecular weight excluding hydrogens is 361 g/mol. The lowest BCUT2D eigenvalue weighted by Gasteiger charge is -2.42. The van der Waals surface area contributed by atoms with Crippen molar-refractivity contribution >= 4 is 17.5 Å². The van der Waals surface area contributed by atoms with Crippen LogP contribution in [0.5, 0.6) is 0 Å². The number of hydrogen-bond donors (Lipinski definition) is 0. The number of hydrogen-bond acceptors (Lipinski definition) is 4. The highest BCUT2D eigenvalue weighted by Crippen LogP contribution is 2.20. The Bertz CT molecular complexity index is 807. The second kappa shape index (κ2) is 10.8. The van der Waals surface area contributed by atoms with Gasteiger partial charge in [-0.3, -0.25) is 4.90 Å². The molecule has 0 aromatic heterocycles. The monoisotopic (exact) mass is 396 g/mol. The van der Waals surface area contributed by atoms with Gasteiger partial charge in [0.15, 0.2) is 0 Å². The lowest BCUT2D eigenvalue weighted by molar-refractivity contribution is 0.0163. The molecule has 2 rings (SSSR count). The second-order valence-corrected chi connectivity index (χ2v) is 8.33. The number of nitrogens with zero attached hydrogens (tertiary/aromatic N) is 1. The molecule has 0 radical (unpaired) electrons. The van der Waals surface area contributed by atoms with E-state index in [-0.39, 0.29) is 18.3 Å². The standard InChI is InChI=1S/C24H35BNO3/c1-19(2)27-25(28-20(3)4,29-21(5)6)16-11-17-26(7)18-23-14-10-13-22-12-8-9-15-24(22)23/h8-10,12-15,19-21H,17-18H2,1-7H3/q-1. The van der Waals surface area contributed by atoms with Gasteiger partial charge in [-0.15, -0.1) is 5.92 Å². The van der Waals surface area contributed by atoms with Crippen LogP contribution in [0.3, 0.4) is 0 Å². The summed E-state index contributed by atoms with van der Waals surface area (Å²) in [6, 6.07) is 14.9. The first-order valence-corrected chi connectivity index (χ1v) is 10.5. The molecule has 0 bridgehead atoms. The Labute approximate surface area is 176 Å². The molecule has 29 heavy (non-hydrogen) atoms. The molecule has 2 aromatic rings. The van der Waals surface area contributed by atoms with E-state index in [0.717, 1.165) is 6.54 Å². The largest absolute Gasteiger partial charge is 0.532 e. The molecule has 0 spiro atoms. The van der Waals surface area contributed by atoms with Gasteiger partial charge in [0.05, 0.1) is 6.54 Å². The molecule has 0 saturated carbocycles. The van der Waals surface area contributed by atoms with Gasteiger partial charge in [0.25, 0.3) is 0 Å². The van der Waals surface area contributed by atoms with E-state index in [1.807, 2.05) is 41.5 Å². The van der Waals surface area contributed by atoms with Crippen molar-refractivity contribution in [3.63, 3.8) is 0 Å². The minimum absolute atomic E-state index is 0.0461. The van der Waals surface area contributed by atoms with E-state index >= 15 is 0 Å². The first kappa shape index (κ1) is 23.4. The Kier molecular flexibility index (Phi) is 8.73. The quantitative estimate of drug-likeness (QED) is 0.440. The van der Waals surface area contributed by atoms with Gasteiger partial charge >= 0.3 is 6.75 Å². The first-order valence-electron chi connectivity index (χ1n) is 10.5. The van der Waals surface area contributed by atoms with Crippen LogP contribution in [0.4, 0.5) is 0 Å². The lowest BCUT2D eigenvalue weighted by Crippen LogP contribution is -2.50. The molecule has 0 fully saturated rings. The van der Waals surface area contributed by atoms with Crippen LogP contribution in [-0.2, 0) is 20.5 Å². The minimum atomic E-state index is -2.13. The molecule has 5 heteroatoms. The minimum Gasteiger partial charge on any atom is -0.532 e. The predicted molar refractivity (Wildman–Crippen MR) is 122 cm³/mol. The summed E-state index contributed by atoms with van der Waals surface area (Å²) in [5, 5.41) is 2.54. The van der Waals surface area contributed by atoms with E-state index < -0.39 is 6.75 Å². The Hall–Kier alpha value is -1.84. The Morgan fingerprint density at radius 2 is 1.38 bits per heavy atom. The van der Waals surface area contributed by atoms with E-state index in [4.69, 9.17) is 14.0 Å². The highest BCUT2D eigenvalue weighted by atomic mass is 16.8. The summed E-state index contributed by atoms with van der Waals surface area (Å²) in [5.74, 6) is 6.42. The van der Waals surface area contributed by atoms with Gasteiger partial charge in [0, 0.05) is 24.9 Å². The molecule has 2 aromatic carbocycles. The summed E-state index contributed by atoms with van der Waals surface area (Å²) in [6.07, 6.45) is -0.138. The van der Waals surface area contributed by atoms with Crippen molar-refractivity contribution in [3.8, 4) is 11.7 Å². The van der Waals surface area contributed by atoms with Crippen LogP contribution < -0.4 is 0 Å². The summed E-state index contributed by atoms with van der Waals surface area (Å²) in [6.45, 7) is 11.1. The molecule has 0 amide bonds. The topological polar surface area (TPSA) is 30.9 Å². The number of fused-ring (bicyclic) bond motifs is 1. The third-order valence-corrected chi connectivity index (χ3v) is 4.30. The first-order chi connectivity index (χ1) is 13.7. The van der Waals surface area contributed by atoms with Crippen LogP contribution >= 0.6 is 0 Å². The summed E-state index contributed by atoms with van der Waals surface area (Å²) in [4.78, 5) is 2.19. The molecule has 158 valence electrons. The zero-order chi connectivity index (χ0) is 21.4.